The summed E-state index contributed by atoms with van der Waals surface area (Å²) in [6, 6.07) is 0.0782. The van der Waals surface area contributed by atoms with E-state index in [4.69, 9.17) is 5.73 Å². The van der Waals surface area contributed by atoms with Crippen LogP contribution in [-0.4, -0.2) is 18.5 Å². The van der Waals surface area contributed by atoms with E-state index in [1.807, 2.05) is 0 Å². The molecule has 3 nitrogen and oxygen atoms in total. The molecule has 2 unspecified atom stereocenters. The zero-order valence-electron chi connectivity index (χ0n) is 10.3. The Bertz CT molecular complexity index is 261. The summed E-state index contributed by atoms with van der Waals surface area (Å²) in [6.45, 7) is 3.08. The van der Waals surface area contributed by atoms with Crippen LogP contribution in [0, 0.1) is 11.3 Å². The van der Waals surface area contributed by atoms with Crippen molar-refractivity contribution in [3.8, 4) is 0 Å². The number of rotatable bonds is 3. The summed E-state index contributed by atoms with van der Waals surface area (Å²) in [4.78, 5) is 12.0. The van der Waals surface area contributed by atoms with Gasteiger partial charge in [0.15, 0.2) is 0 Å². The summed E-state index contributed by atoms with van der Waals surface area (Å²) in [5.74, 6) is 0.257. The zero-order chi connectivity index (χ0) is 11.6. The van der Waals surface area contributed by atoms with Gasteiger partial charge in [0, 0.05) is 12.6 Å². The highest BCUT2D eigenvalue weighted by Gasteiger charge is 2.38. The second-order valence-electron chi connectivity index (χ2n) is 5.94. The van der Waals surface area contributed by atoms with E-state index in [2.05, 4.69) is 12.2 Å². The van der Waals surface area contributed by atoms with E-state index in [0.29, 0.717) is 5.41 Å². The minimum Gasteiger partial charge on any atom is -0.355 e. The highest BCUT2D eigenvalue weighted by Crippen LogP contribution is 2.44. The molecule has 0 bridgehead atoms. The molecule has 2 rings (SSSR count). The van der Waals surface area contributed by atoms with Crippen molar-refractivity contribution < 1.29 is 4.79 Å². The molecule has 0 aliphatic heterocycles. The molecule has 1 amide bonds. The van der Waals surface area contributed by atoms with E-state index in [1.54, 1.807) is 0 Å². The first-order valence-electron chi connectivity index (χ1n) is 6.64. The van der Waals surface area contributed by atoms with Gasteiger partial charge >= 0.3 is 0 Å². The number of amides is 1. The van der Waals surface area contributed by atoms with E-state index in [1.165, 1.54) is 25.7 Å². The van der Waals surface area contributed by atoms with Gasteiger partial charge in [0.1, 0.15) is 0 Å². The smallest absolute Gasteiger partial charge is 0.224 e. The third-order valence-electron chi connectivity index (χ3n) is 4.20. The zero-order valence-corrected chi connectivity index (χ0v) is 10.3. The fourth-order valence-corrected chi connectivity index (χ4v) is 2.48. The highest BCUT2D eigenvalue weighted by molar-refractivity contribution is 5.79. The Balaban J connectivity index is 1.81. The molecule has 0 saturated heterocycles. The number of nitrogens with two attached hydrogens (primary N) is 1. The van der Waals surface area contributed by atoms with Crippen molar-refractivity contribution in [2.45, 2.75) is 57.9 Å². The molecule has 0 aromatic rings. The Morgan fingerprint density at radius 2 is 2.00 bits per heavy atom. The van der Waals surface area contributed by atoms with Crippen LogP contribution in [0.4, 0.5) is 0 Å². The van der Waals surface area contributed by atoms with Crippen molar-refractivity contribution in [2.75, 3.05) is 6.54 Å². The lowest BCUT2D eigenvalue weighted by Crippen LogP contribution is -2.42. The lowest BCUT2D eigenvalue weighted by atomic mass is 9.94. The SMILES string of the molecule is CC1(CNC(=O)C2CCCCCC2N)CC1. The summed E-state index contributed by atoms with van der Waals surface area (Å²) < 4.78 is 0. The van der Waals surface area contributed by atoms with Crippen LogP contribution in [-0.2, 0) is 4.79 Å². The molecule has 2 fully saturated rings. The minimum absolute atomic E-state index is 0.0600. The van der Waals surface area contributed by atoms with Crippen LogP contribution in [0.15, 0.2) is 0 Å². The van der Waals surface area contributed by atoms with E-state index >= 15 is 0 Å². The van der Waals surface area contributed by atoms with Gasteiger partial charge in [0.05, 0.1) is 5.92 Å². The van der Waals surface area contributed by atoms with Gasteiger partial charge in [-0.25, -0.2) is 0 Å². The van der Waals surface area contributed by atoms with Gasteiger partial charge in [-0.3, -0.25) is 4.79 Å². The molecule has 0 heterocycles. The Kier molecular flexibility index (Phi) is 3.53. The van der Waals surface area contributed by atoms with Crippen molar-refractivity contribution in [1.29, 1.82) is 0 Å². The molecule has 92 valence electrons. The van der Waals surface area contributed by atoms with E-state index in [9.17, 15) is 4.79 Å². The molecule has 0 aromatic carbocycles. The van der Waals surface area contributed by atoms with Crippen molar-refractivity contribution in [3.05, 3.63) is 0 Å². The van der Waals surface area contributed by atoms with Crippen molar-refractivity contribution in [2.24, 2.45) is 17.1 Å². The second kappa shape index (κ2) is 4.74. The molecule has 0 aromatic heterocycles. The van der Waals surface area contributed by atoms with E-state index in [0.717, 1.165) is 25.8 Å². The van der Waals surface area contributed by atoms with Crippen LogP contribution in [0.25, 0.3) is 0 Å². The van der Waals surface area contributed by atoms with Gasteiger partial charge < -0.3 is 11.1 Å². The van der Waals surface area contributed by atoms with Gasteiger partial charge in [-0.05, 0) is 31.1 Å². The van der Waals surface area contributed by atoms with E-state index < -0.39 is 0 Å². The first kappa shape index (κ1) is 11.9. The third-order valence-corrected chi connectivity index (χ3v) is 4.20. The van der Waals surface area contributed by atoms with Crippen LogP contribution >= 0.6 is 0 Å². The van der Waals surface area contributed by atoms with Crippen molar-refractivity contribution in [1.82, 2.24) is 5.32 Å². The number of hydrogen-bond donors (Lipinski definition) is 2. The predicted octanol–water partition coefficient (Wildman–Crippen LogP) is 1.81. The molecule has 2 saturated carbocycles. The number of carbonyl (C=O) groups is 1. The number of hydrogen-bond acceptors (Lipinski definition) is 2. The van der Waals surface area contributed by atoms with Gasteiger partial charge in [-0.15, -0.1) is 0 Å². The minimum atomic E-state index is 0.0600. The molecular weight excluding hydrogens is 200 g/mol. The fraction of sp³-hybridized carbons (Fsp3) is 0.923. The first-order chi connectivity index (χ1) is 7.61. The number of nitrogens with one attached hydrogen (secondary N) is 1. The summed E-state index contributed by atoms with van der Waals surface area (Å²) in [6.07, 6.45) is 8.06. The molecule has 3 N–H and O–H groups in total. The van der Waals surface area contributed by atoms with Gasteiger partial charge in [-0.2, -0.15) is 0 Å². The standard InChI is InChI=1S/C13H24N2O/c1-13(7-8-13)9-15-12(16)10-5-3-2-4-6-11(10)14/h10-11H,2-9,14H2,1H3,(H,15,16). The Labute approximate surface area is 98.2 Å². The van der Waals surface area contributed by atoms with Crippen LogP contribution in [0.1, 0.15) is 51.9 Å². The summed E-state index contributed by atoms with van der Waals surface area (Å²) >= 11 is 0. The van der Waals surface area contributed by atoms with Gasteiger partial charge in [0.25, 0.3) is 0 Å². The first-order valence-corrected chi connectivity index (χ1v) is 6.64. The van der Waals surface area contributed by atoms with Crippen LogP contribution in [0.5, 0.6) is 0 Å². The lowest BCUT2D eigenvalue weighted by molar-refractivity contribution is -0.126. The maximum absolute atomic E-state index is 12.0. The Morgan fingerprint density at radius 1 is 1.31 bits per heavy atom. The third kappa shape index (κ3) is 2.97. The quantitative estimate of drug-likeness (QED) is 0.718. The fourth-order valence-electron chi connectivity index (χ4n) is 2.48. The maximum Gasteiger partial charge on any atom is 0.224 e. The maximum atomic E-state index is 12.0. The molecule has 0 radical (unpaired) electrons. The topological polar surface area (TPSA) is 55.1 Å². The largest absolute Gasteiger partial charge is 0.355 e. The van der Waals surface area contributed by atoms with Crippen LogP contribution in [0.3, 0.4) is 0 Å². The summed E-state index contributed by atoms with van der Waals surface area (Å²) in [7, 11) is 0. The second-order valence-corrected chi connectivity index (χ2v) is 5.94. The van der Waals surface area contributed by atoms with Crippen molar-refractivity contribution in [3.63, 3.8) is 0 Å². The van der Waals surface area contributed by atoms with Crippen LogP contribution in [0.2, 0.25) is 0 Å². The molecule has 0 spiro atoms. The average molecular weight is 224 g/mol. The molecule has 2 atom stereocenters. The summed E-state index contributed by atoms with van der Waals surface area (Å²) in [5, 5.41) is 3.09. The monoisotopic (exact) mass is 224 g/mol. The van der Waals surface area contributed by atoms with Crippen LogP contribution < -0.4 is 11.1 Å². The molecular formula is C13H24N2O. The predicted molar refractivity (Wildman–Crippen MR) is 64.9 cm³/mol. The summed E-state index contributed by atoms with van der Waals surface area (Å²) in [5.41, 5.74) is 6.47. The normalized spacial score (nSPS) is 32.9. The van der Waals surface area contributed by atoms with Gasteiger partial charge in [0.2, 0.25) is 5.91 Å². The number of carbonyl (C=O) groups excluding carboxylic acids is 1. The molecule has 16 heavy (non-hydrogen) atoms. The molecule has 2 aliphatic rings. The highest BCUT2D eigenvalue weighted by atomic mass is 16.1. The molecule has 3 heteroatoms. The Hall–Kier alpha value is -0.570. The van der Waals surface area contributed by atoms with Crippen molar-refractivity contribution >= 4 is 5.91 Å². The van der Waals surface area contributed by atoms with Gasteiger partial charge in [-0.1, -0.05) is 26.2 Å². The lowest BCUT2D eigenvalue weighted by Gasteiger charge is -2.21. The Morgan fingerprint density at radius 3 is 2.69 bits per heavy atom. The molecule has 2 aliphatic carbocycles. The van der Waals surface area contributed by atoms with E-state index in [-0.39, 0.29) is 17.9 Å². The average Bonchev–Trinajstić information content (AvgIpc) is 3.01.